The van der Waals surface area contributed by atoms with Gasteiger partial charge in [-0.1, -0.05) is 95.7 Å². The smallest absolute Gasteiger partial charge is 0.329 e. The molecule has 2 atom stereocenters. The van der Waals surface area contributed by atoms with Gasteiger partial charge in [0.2, 0.25) is 11.8 Å². The molecule has 4 N–H and O–H groups in total. The molecule has 0 aromatic heterocycles. The Hall–Kier alpha value is -2.27. The lowest BCUT2D eigenvalue weighted by molar-refractivity contribution is -0.157. The first-order valence-corrected chi connectivity index (χ1v) is 19.9. The van der Waals surface area contributed by atoms with E-state index in [2.05, 4.69) is 78.3 Å². The van der Waals surface area contributed by atoms with E-state index in [0.717, 1.165) is 64.2 Å². The van der Waals surface area contributed by atoms with Crippen LogP contribution < -0.4 is 10.6 Å². The van der Waals surface area contributed by atoms with Crippen molar-refractivity contribution in [1.82, 2.24) is 10.6 Å². The van der Waals surface area contributed by atoms with E-state index in [1.807, 2.05) is 21.6 Å². The molecule has 1 aliphatic rings. The highest BCUT2D eigenvalue weighted by Gasteiger charge is 2.25. The molecule has 0 saturated carbocycles. The van der Waals surface area contributed by atoms with Crippen molar-refractivity contribution >= 4 is 39.4 Å². The molecule has 8 nitrogen and oxygen atoms in total. The molecule has 0 radical (unpaired) electrons. The third-order valence-corrected chi connectivity index (χ3v) is 10.4. The second-order valence-corrected chi connectivity index (χ2v) is 14.4. The van der Waals surface area contributed by atoms with Gasteiger partial charge in [0.05, 0.1) is 13.2 Å². The Labute approximate surface area is 291 Å². The number of carbonyl (C=O) groups excluding carboxylic acids is 3. The van der Waals surface area contributed by atoms with Gasteiger partial charge in [0, 0.05) is 30.4 Å². The summed E-state index contributed by atoms with van der Waals surface area (Å²) in [5.74, 6) is 0.332. The van der Waals surface area contributed by atoms with E-state index in [9.17, 15) is 24.6 Å². The summed E-state index contributed by atoms with van der Waals surface area (Å²) < 4.78 is 5.18. The maximum atomic E-state index is 12.7. The first-order chi connectivity index (χ1) is 23.0. The highest BCUT2D eigenvalue weighted by molar-refractivity contribution is 8.77. The normalized spacial score (nSPS) is 16.0. The summed E-state index contributed by atoms with van der Waals surface area (Å²) in [5.41, 5.74) is 0. The lowest BCUT2D eigenvalue weighted by Gasteiger charge is -2.21. The summed E-state index contributed by atoms with van der Waals surface area (Å²) in [4.78, 5) is 37.4. The maximum absolute atomic E-state index is 12.7. The summed E-state index contributed by atoms with van der Waals surface area (Å²) in [7, 11) is 3.84. The lowest BCUT2D eigenvalue weighted by Crippen LogP contribution is -2.44. The van der Waals surface area contributed by atoms with Gasteiger partial charge < -0.3 is 25.6 Å². The molecule has 1 heterocycles. The molecule has 266 valence electrons. The van der Waals surface area contributed by atoms with Crippen LogP contribution in [0.4, 0.5) is 0 Å². The molecular weight excluding hydrogens is 633 g/mol. The minimum Gasteiger partial charge on any atom is -0.456 e. The molecular formula is C37H60N2O6S2. The molecule has 0 aromatic carbocycles. The number of nitrogens with one attached hydrogen (secondary N) is 2. The zero-order valence-electron chi connectivity index (χ0n) is 28.5. The van der Waals surface area contributed by atoms with E-state index in [-0.39, 0.29) is 11.8 Å². The van der Waals surface area contributed by atoms with E-state index in [1.165, 1.54) is 12.2 Å². The van der Waals surface area contributed by atoms with Crippen LogP contribution in [0.1, 0.15) is 110 Å². The monoisotopic (exact) mass is 692 g/mol. The summed E-state index contributed by atoms with van der Waals surface area (Å²) in [6.45, 7) is 1.65. The molecule has 0 unspecified atom stereocenters. The third kappa shape index (κ3) is 25.4. The van der Waals surface area contributed by atoms with Gasteiger partial charge >= 0.3 is 5.97 Å². The molecule has 1 saturated heterocycles. The highest BCUT2D eigenvalue weighted by atomic mass is 33.1. The first-order valence-electron chi connectivity index (χ1n) is 17.5. The highest BCUT2D eigenvalue weighted by Crippen LogP contribution is 2.39. The van der Waals surface area contributed by atoms with Crippen LogP contribution in [0.3, 0.4) is 0 Å². The number of carbonyl (C=O) groups is 3. The average molecular weight is 693 g/mol. The van der Waals surface area contributed by atoms with E-state index in [1.54, 1.807) is 0 Å². The molecule has 1 aliphatic heterocycles. The lowest BCUT2D eigenvalue weighted by atomic mass is 10.1. The second kappa shape index (κ2) is 31.0. The van der Waals surface area contributed by atoms with Crippen molar-refractivity contribution in [3.63, 3.8) is 0 Å². The molecule has 0 spiro atoms. The van der Waals surface area contributed by atoms with Crippen LogP contribution in [0.15, 0.2) is 60.8 Å². The van der Waals surface area contributed by atoms with Gasteiger partial charge in [-0.3, -0.25) is 9.59 Å². The number of aliphatic hydroxyl groups is 2. The summed E-state index contributed by atoms with van der Waals surface area (Å²) in [6, 6.07) is -0.857. The van der Waals surface area contributed by atoms with Gasteiger partial charge in [0.25, 0.3) is 0 Å². The van der Waals surface area contributed by atoms with E-state index >= 15 is 0 Å². The summed E-state index contributed by atoms with van der Waals surface area (Å²) in [5, 5.41) is 24.9. The van der Waals surface area contributed by atoms with Crippen LogP contribution in [0.25, 0.3) is 0 Å². The number of aliphatic hydroxyl groups excluding tert-OH is 2. The second-order valence-electron chi connectivity index (χ2n) is 11.6. The van der Waals surface area contributed by atoms with Gasteiger partial charge in [0.1, 0.15) is 12.1 Å². The number of unbranched alkanes of at least 4 members (excludes halogenated alkanes) is 3. The fraction of sp³-hybridized carbons (Fsp3) is 0.649. The van der Waals surface area contributed by atoms with Crippen LogP contribution >= 0.6 is 21.6 Å². The Morgan fingerprint density at radius 1 is 0.787 bits per heavy atom. The van der Waals surface area contributed by atoms with Crippen molar-refractivity contribution in [2.45, 2.75) is 127 Å². The quantitative estimate of drug-likeness (QED) is 0.0292. The molecule has 1 fully saturated rings. The topological polar surface area (TPSA) is 125 Å². The molecule has 0 bridgehead atoms. The minimum atomic E-state index is -1.02. The van der Waals surface area contributed by atoms with Crippen LogP contribution in [-0.4, -0.2) is 70.9 Å². The van der Waals surface area contributed by atoms with Crippen LogP contribution in [0.2, 0.25) is 0 Å². The van der Waals surface area contributed by atoms with Crippen molar-refractivity contribution in [3.05, 3.63) is 60.8 Å². The third-order valence-electron chi connectivity index (χ3n) is 7.39. The zero-order valence-corrected chi connectivity index (χ0v) is 30.1. The van der Waals surface area contributed by atoms with Crippen molar-refractivity contribution in [2.75, 3.05) is 25.5 Å². The summed E-state index contributed by atoms with van der Waals surface area (Å²) in [6.07, 6.45) is 33.6. The predicted molar refractivity (Wildman–Crippen MR) is 198 cm³/mol. The Kier molecular flexibility index (Phi) is 28.2. The van der Waals surface area contributed by atoms with Crippen LogP contribution in [-0.2, 0) is 19.1 Å². The number of allylic oxidation sites excluding steroid dienone is 10. The number of rotatable bonds is 28. The largest absolute Gasteiger partial charge is 0.456 e. The van der Waals surface area contributed by atoms with Gasteiger partial charge in [-0.05, 0) is 83.5 Å². The molecule has 0 aliphatic carbocycles. The van der Waals surface area contributed by atoms with Gasteiger partial charge in [0.15, 0.2) is 0 Å². The Morgan fingerprint density at radius 2 is 1.40 bits per heavy atom. The van der Waals surface area contributed by atoms with Crippen molar-refractivity contribution < 1.29 is 29.3 Å². The maximum Gasteiger partial charge on any atom is 0.329 e. The standard InChI is InChI=1S/C37H60N2O6S2/c1-2-3-4-5-6-7-8-9-10-11-12-13-14-15-16-17-18-25-35(42)38-28-22-21-24-34(37(44)45-32(30-40)31-41)39-36(43)26-20-19-23-33-27-29-46-47-33/h3-4,6-7,9-10,12-13,15-16,32-34,40-41H,2,5,8,11,14,17-31H2,1H3,(H,38,42)(H,39,43)/b4-3-,7-6-,10-9-,13-12-,16-15-/t33-,34+/m1/s1. The summed E-state index contributed by atoms with van der Waals surface area (Å²) >= 11 is 0. The molecule has 10 heteroatoms. The van der Waals surface area contributed by atoms with Crippen LogP contribution in [0.5, 0.6) is 0 Å². The SMILES string of the molecule is CC/C=C\C/C=C\C/C=C\C/C=C\C/C=C\CCCC(=O)NCCCC[C@H](NC(=O)CCCC[C@@H]1CCSS1)C(=O)OC(CO)CO. The zero-order chi connectivity index (χ0) is 34.2. The van der Waals surface area contributed by atoms with E-state index in [4.69, 9.17) is 4.74 Å². The first kappa shape index (κ1) is 42.8. The van der Waals surface area contributed by atoms with Gasteiger partial charge in [-0.2, -0.15) is 0 Å². The van der Waals surface area contributed by atoms with Gasteiger partial charge in [-0.25, -0.2) is 4.79 Å². The van der Waals surface area contributed by atoms with Crippen molar-refractivity contribution in [2.24, 2.45) is 0 Å². The number of esters is 1. The number of amides is 2. The molecule has 47 heavy (non-hydrogen) atoms. The molecule has 0 aromatic rings. The fourth-order valence-corrected chi connectivity index (χ4v) is 7.68. The Balaban J connectivity index is 2.19. The van der Waals surface area contributed by atoms with Crippen LogP contribution in [0, 0.1) is 0 Å². The van der Waals surface area contributed by atoms with Gasteiger partial charge in [-0.15, -0.1) is 0 Å². The predicted octanol–water partition coefficient (Wildman–Crippen LogP) is 7.29. The van der Waals surface area contributed by atoms with E-state index in [0.29, 0.717) is 43.9 Å². The van der Waals surface area contributed by atoms with Crippen molar-refractivity contribution in [3.8, 4) is 0 Å². The average Bonchev–Trinajstić information content (AvgIpc) is 3.60. The Bertz CT molecular complexity index is 972. The fourth-order valence-electron chi connectivity index (χ4n) is 4.65. The van der Waals surface area contributed by atoms with Crippen molar-refractivity contribution in [1.29, 1.82) is 0 Å². The Morgan fingerprint density at radius 3 is 2.00 bits per heavy atom. The number of ether oxygens (including phenoxy) is 1. The molecule has 1 rings (SSSR count). The minimum absolute atomic E-state index is 0.00458. The number of hydrogen-bond donors (Lipinski definition) is 4. The van der Waals surface area contributed by atoms with E-state index < -0.39 is 31.3 Å². The number of hydrogen-bond acceptors (Lipinski definition) is 8. The molecule has 2 amide bonds.